The highest BCUT2D eigenvalue weighted by Crippen LogP contribution is 2.22. The molecular weight excluding hydrogens is 242 g/mol. The van der Waals surface area contributed by atoms with E-state index in [2.05, 4.69) is 15.1 Å². The number of aryl methyl sites for hydroxylation is 1. The molecule has 2 aromatic heterocycles. The van der Waals surface area contributed by atoms with Crippen molar-refractivity contribution < 1.29 is 9.52 Å². The van der Waals surface area contributed by atoms with Gasteiger partial charge in [0.2, 0.25) is 0 Å². The molecule has 2 aromatic rings. The maximum Gasteiger partial charge on any atom is 0.154 e. The van der Waals surface area contributed by atoms with Gasteiger partial charge in [-0.25, -0.2) is 0 Å². The molecule has 19 heavy (non-hydrogen) atoms. The molecule has 5 heteroatoms. The normalized spacial score (nSPS) is 16.8. The quantitative estimate of drug-likeness (QED) is 0.893. The largest absolute Gasteiger partial charge is 0.460 e. The highest BCUT2D eigenvalue weighted by atomic mass is 16.3. The number of hydrogen-bond acceptors (Lipinski definition) is 5. The molecule has 1 aliphatic heterocycles. The van der Waals surface area contributed by atoms with Crippen molar-refractivity contribution in [1.82, 2.24) is 10.2 Å². The fourth-order valence-corrected chi connectivity index (χ4v) is 2.29. The van der Waals surface area contributed by atoms with Crippen molar-refractivity contribution in [3.63, 3.8) is 0 Å². The first-order chi connectivity index (χ1) is 9.22. The summed E-state index contributed by atoms with van der Waals surface area (Å²) < 4.78 is 5.52. The molecule has 0 spiro atoms. The van der Waals surface area contributed by atoms with Gasteiger partial charge in [-0.2, -0.15) is 0 Å². The van der Waals surface area contributed by atoms with E-state index < -0.39 is 0 Å². The summed E-state index contributed by atoms with van der Waals surface area (Å²) in [6.45, 7) is 3.56. The van der Waals surface area contributed by atoms with Crippen LogP contribution in [0.25, 0.3) is 11.5 Å². The molecule has 1 saturated heterocycles. The number of aliphatic hydroxyl groups excluding tert-OH is 1. The summed E-state index contributed by atoms with van der Waals surface area (Å²) in [6, 6.07) is 7.69. The van der Waals surface area contributed by atoms with Crippen LogP contribution in [0.2, 0.25) is 0 Å². The van der Waals surface area contributed by atoms with Gasteiger partial charge in [0.25, 0.3) is 0 Å². The highest BCUT2D eigenvalue weighted by Gasteiger charge is 2.18. The van der Waals surface area contributed by atoms with Gasteiger partial charge in [0.05, 0.1) is 6.10 Å². The van der Waals surface area contributed by atoms with Crippen molar-refractivity contribution in [3.8, 4) is 11.5 Å². The minimum absolute atomic E-state index is 0.172. The Kier molecular flexibility index (Phi) is 3.21. The van der Waals surface area contributed by atoms with Gasteiger partial charge in [-0.05, 0) is 44.0 Å². The van der Waals surface area contributed by atoms with Crippen LogP contribution in [-0.2, 0) is 0 Å². The van der Waals surface area contributed by atoms with E-state index in [9.17, 15) is 5.11 Å². The number of hydrogen-bond donors (Lipinski definition) is 1. The van der Waals surface area contributed by atoms with Gasteiger partial charge in [-0.3, -0.25) is 0 Å². The second-order valence-electron chi connectivity index (χ2n) is 4.91. The Bertz CT molecular complexity index is 542. The predicted molar refractivity (Wildman–Crippen MR) is 71.9 cm³/mol. The average Bonchev–Trinajstić information content (AvgIpc) is 2.87. The second kappa shape index (κ2) is 5.01. The zero-order valence-corrected chi connectivity index (χ0v) is 10.9. The van der Waals surface area contributed by atoms with Gasteiger partial charge < -0.3 is 14.4 Å². The maximum atomic E-state index is 9.49. The first-order valence-corrected chi connectivity index (χ1v) is 6.56. The summed E-state index contributed by atoms with van der Waals surface area (Å²) in [5.74, 6) is 2.47. The molecule has 0 aromatic carbocycles. The number of piperidine rings is 1. The molecular formula is C14H17N3O2. The summed E-state index contributed by atoms with van der Waals surface area (Å²) in [7, 11) is 0. The molecule has 0 radical (unpaired) electrons. The minimum atomic E-state index is -0.172. The van der Waals surface area contributed by atoms with E-state index in [0.29, 0.717) is 0 Å². The summed E-state index contributed by atoms with van der Waals surface area (Å²) in [6.07, 6.45) is 1.41. The standard InChI is InChI=1S/C14H17N3O2/c1-10-2-4-13(19-10)12-3-5-14(16-15-12)17-8-6-11(18)7-9-17/h2-5,11,18H,6-9H2,1H3. The molecule has 0 unspecified atom stereocenters. The van der Waals surface area contributed by atoms with Crippen LogP contribution < -0.4 is 4.90 Å². The topological polar surface area (TPSA) is 62.4 Å². The van der Waals surface area contributed by atoms with E-state index >= 15 is 0 Å². The Morgan fingerprint density at radius 1 is 1.16 bits per heavy atom. The van der Waals surface area contributed by atoms with Gasteiger partial charge in [-0.15, -0.1) is 10.2 Å². The highest BCUT2D eigenvalue weighted by molar-refractivity contribution is 5.53. The van der Waals surface area contributed by atoms with Crippen LogP contribution in [-0.4, -0.2) is 34.5 Å². The number of nitrogens with zero attached hydrogens (tertiary/aromatic N) is 3. The van der Waals surface area contributed by atoms with Gasteiger partial charge >= 0.3 is 0 Å². The third-order valence-corrected chi connectivity index (χ3v) is 3.43. The molecule has 3 rings (SSSR count). The van der Waals surface area contributed by atoms with Crippen LogP contribution in [0.5, 0.6) is 0 Å². The number of anilines is 1. The first kappa shape index (κ1) is 12.2. The molecule has 1 fully saturated rings. The summed E-state index contributed by atoms with van der Waals surface area (Å²) in [5, 5.41) is 17.9. The zero-order chi connectivity index (χ0) is 13.2. The van der Waals surface area contributed by atoms with Crippen LogP contribution in [0.3, 0.4) is 0 Å². The fraction of sp³-hybridized carbons (Fsp3) is 0.429. The number of aliphatic hydroxyl groups is 1. The Labute approximate surface area is 111 Å². The lowest BCUT2D eigenvalue weighted by atomic mass is 10.1. The first-order valence-electron chi connectivity index (χ1n) is 6.56. The molecule has 3 heterocycles. The monoisotopic (exact) mass is 259 g/mol. The summed E-state index contributed by atoms with van der Waals surface area (Å²) in [4.78, 5) is 2.15. The molecule has 0 amide bonds. The Morgan fingerprint density at radius 3 is 2.53 bits per heavy atom. The van der Waals surface area contributed by atoms with Crippen LogP contribution >= 0.6 is 0 Å². The Balaban J connectivity index is 1.75. The van der Waals surface area contributed by atoms with E-state index in [-0.39, 0.29) is 6.10 Å². The summed E-state index contributed by atoms with van der Waals surface area (Å²) in [5.41, 5.74) is 0.744. The van der Waals surface area contributed by atoms with E-state index in [1.165, 1.54) is 0 Å². The lowest BCUT2D eigenvalue weighted by Gasteiger charge is -2.30. The minimum Gasteiger partial charge on any atom is -0.460 e. The van der Waals surface area contributed by atoms with Crippen molar-refractivity contribution >= 4 is 5.82 Å². The number of aromatic nitrogens is 2. The Morgan fingerprint density at radius 2 is 1.95 bits per heavy atom. The van der Waals surface area contributed by atoms with Crippen molar-refractivity contribution in [1.29, 1.82) is 0 Å². The van der Waals surface area contributed by atoms with E-state index in [0.717, 1.165) is 49.0 Å². The van der Waals surface area contributed by atoms with E-state index in [1.807, 2.05) is 31.2 Å². The van der Waals surface area contributed by atoms with Crippen LogP contribution in [0.1, 0.15) is 18.6 Å². The van der Waals surface area contributed by atoms with Crippen molar-refractivity contribution in [2.45, 2.75) is 25.9 Å². The molecule has 1 aliphatic rings. The van der Waals surface area contributed by atoms with Gasteiger partial charge in [0.15, 0.2) is 11.6 Å². The third kappa shape index (κ3) is 2.61. The zero-order valence-electron chi connectivity index (χ0n) is 10.9. The third-order valence-electron chi connectivity index (χ3n) is 3.43. The van der Waals surface area contributed by atoms with Gasteiger partial charge in [-0.1, -0.05) is 0 Å². The molecule has 100 valence electrons. The van der Waals surface area contributed by atoms with Crippen LogP contribution in [0.4, 0.5) is 5.82 Å². The fourth-order valence-electron chi connectivity index (χ4n) is 2.29. The second-order valence-corrected chi connectivity index (χ2v) is 4.91. The van der Waals surface area contributed by atoms with Gasteiger partial charge in [0, 0.05) is 13.1 Å². The van der Waals surface area contributed by atoms with Crippen LogP contribution in [0.15, 0.2) is 28.7 Å². The lowest BCUT2D eigenvalue weighted by molar-refractivity contribution is 0.145. The van der Waals surface area contributed by atoms with Crippen molar-refractivity contribution in [3.05, 3.63) is 30.0 Å². The Hall–Kier alpha value is -1.88. The summed E-state index contributed by atoms with van der Waals surface area (Å²) >= 11 is 0. The predicted octanol–water partition coefficient (Wildman–Crippen LogP) is 2.01. The smallest absolute Gasteiger partial charge is 0.154 e. The molecule has 5 nitrogen and oxygen atoms in total. The average molecular weight is 259 g/mol. The number of furan rings is 1. The van der Waals surface area contributed by atoms with Gasteiger partial charge in [0.1, 0.15) is 11.5 Å². The lowest BCUT2D eigenvalue weighted by Crippen LogP contribution is -2.36. The molecule has 0 aliphatic carbocycles. The molecule has 0 bridgehead atoms. The maximum absolute atomic E-state index is 9.49. The SMILES string of the molecule is Cc1ccc(-c2ccc(N3CCC(O)CC3)nn2)o1. The molecule has 1 N–H and O–H groups in total. The molecule has 0 atom stereocenters. The van der Waals surface area contributed by atoms with Crippen molar-refractivity contribution in [2.24, 2.45) is 0 Å². The van der Waals surface area contributed by atoms with Crippen LogP contribution in [0, 0.1) is 6.92 Å². The number of rotatable bonds is 2. The van der Waals surface area contributed by atoms with E-state index in [4.69, 9.17) is 4.42 Å². The molecule has 0 saturated carbocycles. The van der Waals surface area contributed by atoms with Crippen molar-refractivity contribution in [2.75, 3.05) is 18.0 Å². The van der Waals surface area contributed by atoms with E-state index in [1.54, 1.807) is 0 Å².